The maximum Gasteiger partial charge on any atom is 0.121 e. The molecule has 1 nitrogen and oxygen atoms in total. The summed E-state index contributed by atoms with van der Waals surface area (Å²) in [5.74, 6) is -0.403. The second kappa shape index (κ2) is 3.49. The summed E-state index contributed by atoms with van der Waals surface area (Å²) in [6, 6.07) is 0. The average molecular weight is 154 g/mol. The molecule has 0 radical (unpaired) electrons. The van der Waals surface area contributed by atoms with Crippen molar-refractivity contribution in [2.24, 2.45) is 0 Å². The van der Waals surface area contributed by atoms with Gasteiger partial charge in [-0.2, -0.15) is 0 Å². The molecule has 1 aliphatic heterocycles. The van der Waals surface area contributed by atoms with E-state index in [1.54, 1.807) is 6.08 Å². The SMILES string of the molecule is C=CC1=C(C(=C)F)COCC1. The van der Waals surface area contributed by atoms with Crippen molar-refractivity contribution in [3.05, 3.63) is 36.2 Å². The molecule has 2 heteroatoms. The number of allylic oxidation sites excluding steroid dienone is 1. The molecule has 60 valence electrons. The average Bonchev–Trinajstić information content (AvgIpc) is 2.04. The second-order valence-corrected chi connectivity index (χ2v) is 2.42. The highest BCUT2D eigenvalue weighted by atomic mass is 19.1. The Bertz CT molecular complexity index is 216. The third kappa shape index (κ3) is 1.77. The van der Waals surface area contributed by atoms with Gasteiger partial charge in [0.05, 0.1) is 13.2 Å². The minimum Gasteiger partial charge on any atom is -0.376 e. The molecule has 0 saturated heterocycles. The molecule has 0 fully saturated rings. The van der Waals surface area contributed by atoms with Gasteiger partial charge in [-0.05, 0) is 12.0 Å². The molecule has 1 aliphatic rings. The van der Waals surface area contributed by atoms with Crippen molar-refractivity contribution in [1.29, 1.82) is 0 Å². The zero-order valence-electron chi connectivity index (χ0n) is 6.40. The largest absolute Gasteiger partial charge is 0.376 e. The Kier molecular flexibility index (Phi) is 2.60. The Balaban J connectivity index is 2.90. The number of hydrogen-bond acceptors (Lipinski definition) is 1. The molecule has 0 amide bonds. The first-order valence-corrected chi connectivity index (χ1v) is 3.52. The molecule has 0 aromatic carbocycles. The van der Waals surface area contributed by atoms with Crippen LogP contribution in [0.25, 0.3) is 0 Å². The van der Waals surface area contributed by atoms with Crippen LogP contribution in [0.4, 0.5) is 4.39 Å². The maximum atomic E-state index is 12.6. The van der Waals surface area contributed by atoms with E-state index in [1.165, 1.54) is 0 Å². The Hall–Kier alpha value is -0.890. The Morgan fingerprint density at radius 3 is 2.82 bits per heavy atom. The van der Waals surface area contributed by atoms with Crippen LogP contribution < -0.4 is 0 Å². The van der Waals surface area contributed by atoms with Crippen molar-refractivity contribution in [2.75, 3.05) is 13.2 Å². The van der Waals surface area contributed by atoms with Crippen molar-refractivity contribution in [1.82, 2.24) is 0 Å². The third-order valence-corrected chi connectivity index (χ3v) is 1.72. The van der Waals surface area contributed by atoms with Gasteiger partial charge in [0.25, 0.3) is 0 Å². The van der Waals surface area contributed by atoms with Gasteiger partial charge < -0.3 is 4.74 Å². The summed E-state index contributed by atoms with van der Waals surface area (Å²) in [4.78, 5) is 0. The maximum absolute atomic E-state index is 12.6. The summed E-state index contributed by atoms with van der Waals surface area (Å²) < 4.78 is 17.7. The van der Waals surface area contributed by atoms with Crippen molar-refractivity contribution in [3.63, 3.8) is 0 Å². The summed E-state index contributed by atoms with van der Waals surface area (Å²) in [7, 11) is 0. The highest BCUT2D eigenvalue weighted by Gasteiger charge is 2.12. The van der Waals surface area contributed by atoms with Crippen LogP contribution in [-0.2, 0) is 4.74 Å². The number of rotatable bonds is 2. The minimum absolute atomic E-state index is 0.330. The molecule has 0 saturated carbocycles. The van der Waals surface area contributed by atoms with Crippen molar-refractivity contribution >= 4 is 0 Å². The molecule has 0 unspecified atom stereocenters. The highest BCUT2D eigenvalue weighted by molar-refractivity contribution is 5.36. The molecule has 0 bridgehead atoms. The first kappa shape index (κ1) is 8.21. The molecule has 0 aromatic rings. The summed E-state index contributed by atoms with van der Waals surface area (Å²) in [5, 5.41) is 0. The molecule has 11 heavy (non-hydrogen) atoms. The standard InChI is InChI=1S/C9H11FO/c1-3-8-4-5-11-6-9(8)7(2)10/h3H,1-2,4-6H2. The van der Waals surface area contributed by atoms with E-state index >= 15 is 0 Å². The van der Waals surface area contributed by atoms with Gasteiger partial charge >= 0.3 is 0 Å². The van der Waals surface area contributed by atoms with Gasteiger partial charge in [0, 0.05) is 5.57 Å². The number of ether oxygens (including phenoxy) is 1. The predicted octanol–water partition coefficient (Wildman–Crippen LogP) is 2.37. The topological polar surface area (TPSA) is 9.23 Å². The molecular formula is C9H11FO. The van der Waals surface area contributed by atoms with E-state index in [4.69, 9.17) is 4.74 Å². The van der Waals surface area contributed by atoms with E-state index in [9.17, 15) is 4.39 Å². The molecule has 0 N–H and O–H groups in total. The summed E-state index contributed by atoms with van der Waals surface area (Å²) in [5.41, 5.74) is 1.48. The quantitative estimate of drug-likeness (QED) is 0.593. The Morgan fingerprint density at radius 2 is 2.36 bits per heavy atom. The van der Waals surface area contributed by atoms with Crippen molar-refractivity contribution in [3.8, 4) is 0 Å². The van der Waals surface area contributed by atoms with Crippen LogP contribution in [0.15, 0.2) is 36.2 Å². The van der Waals surface area contributed by atoms with Gasteiger partial charge in [-0.1, -0.05) is 19.2 Å². The Labute approximate surface area is 65.9 Å². The van der Waals surface area contributed by atoms with E-state index in [2.05, 4.69) is 13.2 Å². The third-order valence-electron chi connectivity index (χ3n) is 1.72. The second-order valence-electron chi connectivity index (χ2n) is 2.42. The summed E-state index contributed by atoms with van der Waals surface area (Å²) in [6.07, 6.45) is 2.41. The number of halogens is 1. The monoisotopic (exact) mass is 154 g/mol. The fraction of sp³-hybridized carbons (Fsp3) is 0.333. The first-order chi connectivity index (χ1) is 5.25. The van der Waals surface area contributed by atoms with Crippen LogP contribution in [0.1, 0.15) is 6.42 Å². The summed E-state index contributed by atoms with van der Waals surface area (Å²) in [6.45, 7) is 7.80. The van der Waals surface area contributed by atoms with Crippen LogP contribution >= 0.6 is 0 Å². The molecular weight excluding hydrogens is 143 g/mol. The van der Waals surface area contributed by atoms with E-state index < -0.39 is 5.83 Å². The van der Waals surface area contributed by atoms with Crippen LogP contribution in [0, 0.1) is 0 Å². The highest BCUT2D eigenvalue weighted by Crippen LogP contribution is 2.22. The molecule has 0 atom stereocenters. The zero-order chi connectivity index (χ0) is 8.27. The van der Waals surface area contributed by atoms with Crippen LogP contribution in [-0.4, -0.2) is 13.2 Å². The fourth-order valence-electron chi connectivity index (χ4n) is 1.08. The number of hydrogen-bond donors (Lipinski definition) is 0. The van der Waals surface area contributed by atoms with E-state index in [0.717, 1.165) is 12.0 Å². The minimum atomic E-state index is -0.403. The molecule has 1 heterocycles. The van der Waals surface area contributed by atoms with E-state index in [-0.39, 0.29) is 0 Å². The van der Waals surface area contributed by atoms with Crippen LogP contribution in [0.2, 0.25) is 0 Å². The Morgan fingerprint density at radius 1 is 1.64 bits per heavy atom. The van der Waals surface area contributed by atoms with E-state index in [0.29, 0.717) is 18.8 Å². The molecule has 0 aromatic heterocycles. The lowest BCUT2D eigenvalue weighted by molar-refractivity contribution is 0.147. The first-order valence-electron chi connectivity index (χ1n) is 3.52. The van der Waals surface area contributed by atoms with Crippen LogP contribution in [0.3, 0.4) is 0 Å². The van der Waals surface area contributed by atoms with Crippen LogP contribution in [0.5, 0.6) is 0 Å². The van der Waals surface area contributed by atoms with Gasteiger partial charge in [-0.15, -0.1) is 0 Å². The lowest BCUT2D eigenvalue weighted by atomic mass is 10.0. The van der Waals surface area contributed by atoms with Crippen molar-refractivity contribution < 1.29 is 9.13 Å². The van der Waals surface area contributed by atoms with E-state index in [1.807, 2.05) is 0 Å². The zero-order valence-corrected chi connectivity index (χ0v) is 6.40. The van der Waals surface area contributed by atoms with Crippen molar-refractivity contribution in [2.45, 2.75) is 6.42 Å². The summed E-state index contributed by atoms with van der Waals surface area (Å²) >= 11 is 0. The van der Waals surface area contributed by atoms with Gasteiger partial charge in [0.15, 0.2) is 0 Å². The smallest absolute Gasteiger partial charge is 0.121 e. The fourth-order valence-corrected chi connectivity index (χ4v) is 1.08. The molecule has 0 spiro atoms. The van der Waals surface area contributed by atoms with Gasteiger partial charge in [-0.3, -0.25) is 0 Å². The normalized spacial score (nSPS) is 18.3. The molecule has 0 aliphatic carbocycles. The van der Waals surface area contributed by atoms with Gasteiger partial charge in [-0.25, -0.2) is 4.39 Å². The van der Waals surface area contributed by atoms with Gasteiger partial charge in [0.1, 0.15) is 5.83 Å². The lowest BCUT2D eigenvalue weighted by Crippen LogP contribution is -2.10. The molecule has 1 rings (SSSR count). The predicted molar refractivity (Wildman–Crippen MR) is 42.9 cm³/mol. The lowest BCUT2D eigenvalue weighted by Gasteiger charge is -2.16. The van der Waals surface area contributed by atoms with Gasteiger partial charge in [0.2, 0.25) is 0 Å².